The molecule has 2 atom stereocenters. The van der Waals surface area contributed by atoms with Crippen LogP contribution in [0.15, 0.2) is 0 Å². The van der Waals surface area contributed by atoms with Gasteiger partial charge in [-0.3, -0.25) is 0 Å². The van der Waals surface area contributed by atoms with Crippen molar-refractivity contribution in [1.29, 1.82) is 0 Å². The zero-order chi connectivity index (χ0) is 12.2. The molecule has 2 unspecified atom stereocenters. The lowest BCUT2D eigenvalue weighted by Crippen LogP contribution is -2.35. The van der Waals surface area contributed by atoms with Gasteiger partial charge in [-0.05, 0) is 26.2 Å². The Morgan fingerprint density at radius 2 is 1.75 bits per heavy atom. The van der Waals surface area contributed by atoms with Gasteiger partial charge in [-0.15, -0.1) is 0 Å². The Hall–Kier alpha value is -0.570. The Bertz CT molecular complexity index is 252. The second-order valence-corrected chi connectivity index (χ2v) is 4.50. The molecule has 1 heterocycles. The van der Waals surface area contributed by atoms with Crippen molar-refractivity contribution in [3.05, 3.63) is 0 Å². The predicted molar refractivity (Wildman–Crippen MR) is 63.3 cm³/mol. The fraction of sp³-hybridized carbons (Fsp3) is 0.923. The Balaban J connectivity index is 2.81. The van der Waals surface area contributed by atoms with E-state index >= 15 is 0 Å². The van der Waals surface area contributed by atoms with Crippen LogP contribution in [0.1, 0.15) is 59.8 Å². The monoisotopic (exact) mass is 228 g/mol. The number of hydrogen-bond donors (Lipinski definition) is 0. The van der Waals surface area contributed by atoms with E-state index in [2.05, 4.69) is 20.8 Å². The zero-order valence-electron chi connectivity index (χ0n) is 11.0. The highest BCUT2D eigenvalue weighted by Gasteiger charge is 2.72. The first kappa shape index (κ1) is 13.5. The molecule has 94 valence electrons. The van der Waals surface area contributed by atoms with Crippen molar-refractivity contribution < 1.29 is 14.3 Å². The molecule has 0 saturated carbocycles. The molecule has 0 aliphatic carbocycles. The third kappa shape index (κ3) is 1.97. The van der Waals surface area contributed by atoms with Crippen LogP contribution in [0.5, 0.6) is 0 Å². The zero-order valence-corrected chi connectivity index (χ0v) is 11.0. The van der Waals surface area contributed by atoms with E-state index in [4.69, 9.17) is 9.47 Å². The maximum atomic E-state index is 12.0. The SMILES string of the molecule is CCCC1(CC)OC1(CCC)C(=O)OCC. The Labute approximate surface area is 98.5 Å². The summed E-state index contributed by atoms with van der Waals surface area (Å²) in [5.74, 6) is -0.160. The average molecular weight is 228 g/mol. The van der Waals surface area contributed by atoms with Gasteiger partial charge in [0.1, 0.15) is 5.60 Å². The molecule has 0 aromatic carbocycles. The molecule has 0 bridgehead atoms. The number of epoxide rings is 1. The normalized spacial score (nSPS) is 32.5. The average Bonchev–Trinajstić information content (AvgIpc) is 2.90. The number of ether oxygens (including phenoxy) is 2. The molecule has 1 saturated heterocycles. The van der Waals surface area contributed by atoms with Crippen LogP contribution in [-0.4, -0.2) is 23.8 Å². The summed E-state index contributed by atoms with van der Waals surface area (Å²) < 4.78 is 11.0. The minimum atomic E-state index is -0.636. The second-order valence-electron chi connectivity index (χ2n) is 4.50. The van der Waals surface area contributed by atoms with E-state index < -0.39 is 5.60 Å². The topological polar surface area (TPSA) is 38.8 Å². The predicted octanol–water partition coefficient (Wildman–Crippen LogP) is 3.07. The fourth-order valence-corrected chi connectivity index (χ4v) is 2.71. The fourth-order valence-electron chi connectivity index (χ4n) is 2.71. The van der Waals surface area contributed by atoms with E-state index in [0.717, 1.165) is 32.1 Å². The maximum absolute atomic E-state index is 12.0. The highest BCUT2D eigenvalue weighted by molar-refractivity contribution is 5.85. The van der Waals surface area contributed by atoms with Crippen LogP contribution in [-0.2, 0) is 14.3 Å². The van der Waals surface area contributed by atoms with Crippen molar-refractivity contribution in [3.8, 4) is 0 Å². The number of hydrogen-bond acceptors (Lipinski definition) is 3. The lowest BCUT2D eigenvalue weighted by molar-refractivity contribution is -0.149. The molecule has 1 rings (SSSR count). The van der Waals surface area contributed by atoms with Crippen molar-refractivity contribution in [2.75, 3.05) is 6.61 Å². The van der Waals surface area contributed by atoms with Gasteiger partial charge >= 0.3 is 5.97 Å². The van der Waals surface area contributed by atoms with E-state index in [0.29, 0.717) is 6.61 Å². The number of esters is 1. The summed E-state index contributed by atoms with van der Waals surface area (Å²) in [7, 11) is 0. The molecule has 0 spiro atoms. The summed E-state index contributed by atoms with van der Waals surface area (Å²) in [4.78, 5) is 12.0. The first-order valence-corrected chi connectivity index (χ1v) is 6.49. The highest BCUT2D eigenvalue weighted by atomic mass is 16.7. The molecule has 3 heteroatoms. The quantitative estimate of drug-likeness (QED) is 0.496. The molecule has 16 heavy (non-hydrogen) atoms. The number of carbonyl (C=O) groups is 1. The molecule has 0 radical (unpaired) electrons. The number of rotatable bonds is 7. The third-order valence-electron chi connectivity index (χ3n) is 3.50. The molecular weight excluding hydrogens is 204 g/mol. The van der Waals surface area contributed by atoms with Crippen LogP contribution in [0.3, 0.4) is 0 Å². The van der Waals surface area contributed by atoms with Gasteiger partial charge in [-0.2, -0.15) is 0 Å². The molecular formula is C13H24O3. The van der Waals surface area contributed by atoms with Crippen LogP contribution in [0.4, 0.5) is 0 Å². The van der Waals surface area contributed by atoms with Crippen molar-refractivity contribution >= 4 is 5.97 Å². The maximum Gasteiger partial charge on any atom is 0.341 e. The van der Waals surface area contributed by atoms with Gasteiger partial charge in [-0.1, -0.05) is 33.6 Å². The van der Waals surface area contributed by atoms with Crippen LogP contribution < -0.4 is 0 Å². The molecule has 0 amide bonds. The summed E-state index contributed by atoms with van der Waals surface area (Å²) in [6.07, 6.45) is 4.60. The van der Waals surface area contributed by atoms with Crippen molar-refractivity contribution in [2.24, 2.45) is 0 Å². The van der Waals surface area contributed by atoms with Crippen molar-refractivity contribution in [3.63, 3.8) is 0 Å². The lowest BCUT2D eigenvalue weighted by atomic mass is 9.83. The van der Waals surface area contributed by atoms with Crippen LogP contribution in [0.2, 0.25) is 0 Å². The second kappa shape index (κ2) is 5.17. The molecule has 3 nitrogen and oxygen atoms in total. The van der Waals surface area contributed by atoms with Crippen LogP contribution in [0, 0.1) is 0 Å². The largest absolute Gasteiger partial charge is 0.464 e. The van der Waals surface area contributed by atoms with Gasteiger partial charge in [0.15, 0.2) is 5.60 Å². The minimum absolute atomic E-state index is 0.160. The first-order chi connectivity index (χ1) is 7.62. The van der Waals surface area contributed by atoms with Gasteiger partial charge in [0, 0.05) is 0 Å². The van der Waals surface area contributed by atoms with Gasteiger partial charge in [0.2, 0.25) is 0 Å². The Kier molecular flexibility index (Phi) is 4.36. The molecule has 0 aromatic rings. The minimum Gasteiger partial charge on any atom is -0.464 e. The summed E-state index contributed by atoms with van der Waals surface area (Å²) >= 11 is 0. The van der Waals surface area contributed by atoms with E-state index in [-0.39, 0.29) is 11.6 Å². The smallest absolute Gasteiger partial charge is 0.341 e. The van der Waals surface area contributed by atoms with Gasteiger partial charge < -0.3 is 9.47 Å². The molecule has 1 aliphatic heterocycles. The van der Waals surface area contributed by atoms with Gasteiger partial charge in [0.25, 0.3) is 0 Å². The van der Waals surface area contributed by atoms with E-state index in [1.165, 1.54) is 0 Å². The highest BCUT2D eigenvalue weighted by Crippen LogP contribution is 2.56. The van der Waals surface area contributed by atoms with Crippen molar-refractivity contribution in [2.45, 2.75) is 71.0 Å². The van der Waals surface area contributed by atoms with Crippen LogP contribution in [0.25, 0.3) is 0 Å². The van der Waals surface area contributed by atoms with E-state index in [1.54, 1.807) is 0 Å². The lowest BCUT2D eigenvalue weighted by Gasteiger charge is -2.16. The van der Waals surface area contributed by atoms with Gasteiger partial charge in [-0.25, -0.2) is 4.79 Å². The summed E-state index contributed by atoms with van der Waals surface area (Å²) in [5.41, 5.74) is -0.882. The molecule has 0 aromatic heterocycles. The summed E-state index contributed by atoms with van der Waals surface area (Å²) in [6, 6.07) is 0. The summed E-state index contributed by atoms with van der Waals surface area (Å²) in [6.45, 7) is 8.56. The Morgan fingerprint density at radius 3 is 2.19 bits per heavy atom. The van der Waals surface area contributed by atoms with E-state index in [9.17, 15) is 4.79 Å². The number of carbonyl (C=O) groups excluding carboxylic acids is 1. The van der Waals surface area contributed by atoms with Crippen molar-refractivity contribution in [1.82, 2.24) is 0 Å². The standard InChI is InChI=1S/C13H24O3/c1-5-9-12(7-3)13(16-12,10-6-2)11(14)15-8-4/h5-10H2,1-4H3. The molecule has 1 aliphatic rings. The third-order valence-corrected chi connectivity index (χ3v) is 3.50. The van der Waals surface area contributed by atoms with Gasteiger partial charge in [0.05, 0.1) is 6.61 Å². The first-order valence-electron chi connectivity index (χ1n) is 6.49. The molecule has 0 N–H and O–H groups in total. The molecule has 1 fully saturated rings. The Morgan fingerprint density at radius 1 is 1.12 bits per heavy atom. The van der Waals surface area contributed by atoms with E-state index in [1.807, 2.05) is 6.92 Å². The van der Waals surface area contributed by atoms with Crippen LogP contribution >= 0.6 is 0 Å². The summed E-state index contributed by atoms with van der Waals surface area (Å²) in [5, 5.41) is 0.